The fourth-order valence-corrected chi connectivity index (χ4v) is 3.01. The van der Waals surface area contributed by atoms with Gasteiger partial charge < -0.3 is 5.11 Å². The van der Waals surface area contributed by atoms with E-state index in [9.17, 15) is 0 Å². The Morgan fingerprint density at radius 3 is 2.00 bits per heavy atom. The normalized spacial score (nSPS) is 11.0. The smallest absolute Gasteiger partial charge is 0.0607 e. The summed E-state index contributed by atoms with van der Waals surface area (Å²) >= 11 is 0. The zero-order valence-corrected chi connectivity index (χ0v) is 14.3. The number of hydrogen-bond acceptors (Lipinski definition) is 2. The molecule has 0 aromatic heterocycles. The molecule has 24 heavy (non-hydrogen) atoms. The molecular formula is C22H27NO. The molecule has 0 spiro atoms. The molecule has 2 aromatic carbocycles. The topological polar surface area (TPSA) is 23.5 Å². The summed E-state index contributed by atoms with van der Waals surface area (Å²) in [6.45, 7) is 9.91. The summed E-state index contributed by atoms with van der Waals surface area (Å²) in [6.07, 6.45) is 3.56. The van der Waals surface area contributed by atoms with E-state index >= 15 is 0 Å². The van der Waals surface area contributed by atoms with E-state index in [4.69, 9.17) is 5.11 Å². The minimum atomic E-state index is 0.163. The molecule has 0 saturated heterocycles. The van der Waals surface area contributed by atoms with Crippen molar-refractivity contribution in [2.75, 3.05) is 19.7 Å². The molecule has 0 saturated carbocycles. The van der Waals surface area contributed by atoms with Crippen molar-refractivity contribution in [3.05, 3.63) is 96.6 Å². The van der Waals surface area contributed by atoms with Crippen LogP contribution in [0.25, 0.3) is 0 Å². The van der Waals surface area contributed by atoms with Gasteiger partial charge in [0.15, 0.2) is 0 Å². The molecule has 2 rings (SSSR count). The maximum Gasteiger partial charge on any atom is 0.0607 e. The summed E-state index contributed by atoms with van der Waals surface area (Å²) in [5, 5.41) is 9.05. The van der Waals surface area contributed by atoms with E-state index < -0.39 is 0 Å². The monoisotopic (exact) mass is 321 g/mol. The van der Waals surface area contributed by atoms with E-state index in [1.165, 1.54) is 11.1 Å². The summed E-state index contributed by atoms with van der Waals surface area (Å²) in [6, 6.07) is 21.3. The lowest BCUT2D eigenvalue weighted by atomic mass is 9.96. The Morgan fingerprint density at radius 1 is 1.00 bits per heavy atom. The molecule has 0 aliphatic heterocycles. The van der Waals surface area contributed by atoms with Crippen molar-refractivity contribution in [2.45, 2.75) is 18.9 Å². The molecule has 126 valence electrons. The SMILES string of the molecule is C=CCN(CC(=C)CCCO)C(c1ccccc1)c1ccccc1. The first-order valence-electron chi connectivity index (χ1n) is 8.48. The Bertz CT molecular complexity index is 581. The number of hydrogen-bond donors (Lipinski definition) is 1. The van der Waals surface area contributed by atoms with Crippen LogP contribution in [0.4, 0.5) is 0 Å². The van der Waals surface area contributed by atoms with Crippen LogP contribution in [-0.4, -0.2) is 29.7 Å². The maximum atomic E-state index is 9.05. The van der Waals surface area contributed by atoms with Crippen LogP contribution < -0.4 is 0 Å². The number of rotatable bonds is 10. The highest BCUT2D eigenvalue weighted by molar-refractivity contribution is 5.32. The van der Waals surface area contributed by atoms with Gasteiger partial charge in [-0.25, -0.2) is 0 Å². The van der Waals surface area contributed by atoms with Crippen LogP contribution in [0.15, 0.2) is 85.5 Å². The van der Waals surface area contributed by atoms with Crippen molar-refractivity contribution >= 4 is 0 Å². The van der Waals surface area contributed by atoms with Gasteiger partial charge in [0.25, 0.3) is 0 Å². The van der Waals surface area contributed by atoms with E-state index in [1.54, 1.807) is 0 Å². The van der Waals surface area contributed by atoms with E-state index in [0.29, 0.717) is 0 Å². The summed E-state index contributed by atoms with van der Waals surface area (Å²) in [7, 11) is 0. The van der Waals surface area contributed by atoms with E-state index in [1.807, 2.05) is 18.2 Å². The molecule has 2 aromatic rings. The van der Waals surface area contributed by atoms with Gasteiger partial charge in [0.2, 0.25) is 0 Å². The van der Waals surface area contributed by atoms with Crippen molar-refractivity contribution in [1.82, 2.24) is 4.90 Å². The van der Waals surface area contributed by atoms with Crippen molar-refractivity contribution in [2.24, 2.45) is 0 Å². The van der Waals surface area contributed by atoms with E-state index in [-0.39, 0.29) is 12.6 Å². The summed E-state index contributed by atoms with van der Waals surface area (Å²) in [5.74, 6) is 0. The molecule has 0 heterocycles. The molecule has 0 unspecified atom stereocenters. The molecule has 0 radical (unpaired) electrons. The molecular weight excluding hydrogens is 294 g/mol. The van der Waals surface area contributed by atoms with Crippen molar-refractivity contribution in [3.8, 4) is 0 Å². The standard InChI is InChI=1S/C22H27NO/c1-3-16-23(18-19(2)11-10-17-24)22(20-12-6-4-7-13-20)21-14-8-5-9-15-21/h3-9,12-15,22,24H,1-2,10-11,16-18H2. The van der Waals surface area contributed by atoms with E-state index in [2.05, 4.69) is 66.6 Å². The van der Waals surface area contributed by atoms with Gasteiger partial charge in [0, 0.05) is 19.7 Å². The van der Waals surface area contributed by atoms with Crippen LogP contribution in [0.1, 0.15) is 30.0 Å². The first-order valence-corrected chi connectivity index (χ1v) is 8.48. The molecule has 0 bridgehead atoms. The third-order valence-corrected chi connectivity index (χ3v) is 4.07. The van der Waals surface area contributed by atoms with Crippen LogP contribution in [0.5, 0.6) is 0 Å². The lowest BCUT2D eigenvalue weighted by Gasteiger charge is -2.32. The van der Waals surface area contributed by atoms with Gasteiger partial charge >= 0.3 is 0 Å². The second kappa shape index (κ2) is 9.86. The average Bonchev–Trinajstić information content (AvgIpc) is 2.62. The quantitative estimate of drug-likeness (QED) is 0.647. The zero-order valence-electron chi connectivity index (χ0n) is 14.3. The maximum absolute atomic E-state index is 9.05. The number of benzene rings is 2. The fraction of sp³-hybridized carbons (Fsp3) is 0.273. The largest absolute Gasteiger partial charge is 0.396 e. The van der Waals surface area contributed by atoms with Crippen LogP contribution in [0, 0.1) is 0 Å². The molecule has 2 nitrogen and oxygen atoms in total. The number of aliphatic hydroxyl groups excluding tert-OH is 1. The van der Waals surface area contributed by atoms with Crippen molar-refractivity contribution in [3.63, 3.8) is 0 Å². The Labute approximate surface area is 145 Å². The van der Waals surface area contributed by atoms with Gasteiger partial charge in [-0.05, 0) is 24.0 Å². The molecule has 2 heteroatoms. The zero-order chi connectivity index (χ0) is 17.2. The second-order valence-electron chi connectivity index (χ2n) is 6.02. The predicted molar refractivity (Wildman–Crippen MR) is 102 cm³/mol. The molecule has 0 amide bonds. The lowest BCUT2D eigenvalue weighted by Crippen LogP contribution is -2.31. The van der Waals surface area contributed by atoms with Gasteiger partial charge in [-0.3, -0.25) is 4.90 Å². The highest BCUT2D eigenvalue weighted by atomic mass is 16.2. The molecule has 1 N–H and O–H groups in total. The number of aliphatic hydroxyl groups is 1. The van der Waals surface area contributed by atoms with Crippen LogP contribution in [0.3, 0.4) is 0 Å². The van der Waals surface area contributed by atoms with Gasteiger partial charge in [-0.1, -0.05) is 78.9 Å². The van der Waals surface area contributed by atoms with Crippen molar-refractivity contribution < 1.29 is 5.11 Å². The van der Waals surface area contributed by atoms with Crippen LogP contribution in [0.2, 0.25) is 0 Å². The summed E-state index contributed by atoms with van der Waals surface area (Å²) in [5.41, 5.74) is 3.67. The average molecular weight is 321 g/mol. The first kappa shape index (κ1) is 18.2. The fourth-order valence-electron chi connectivity index (χ4n) is 3.01. The van der Waals surface area contributed by atoms with Gasteiger partial charge in [0.1, 0.15) is 0 Å². The third kappa shape index (κ3) is 5.19. The predicted octanol–water partition coefficient (Wildman–Crippen LogP) is 4.59. The molecule has 0 aliphatic carbocycles. The van der Waals surface area contributed by atoms with E-state index in [0.717, 1.165) is 31.5 Å². The van der Waals surface area contributed by atoms with Crippen LogP contribution >= 0.6 is 0 Å². The third-order valence-electron chi connectivity index (χ3n) is 4.07. The highest BCUT2D eigenvalue weighted by Crippen LogP contribution is 2.29. The Hall–Kier alpha value is -2.16. The number of nitrogens with zero attached hydrogens (tertiary/aromatic N) is 1. The van der Waals surface area contributed by atoms with Crippen molar-refractivity contribution in [1.29, 1.82) is 0 Å². The Morgan fingerprint density at radius 2 is 1.54 bits per heavy atom. The molecule has 0 fully saturated rings. The lowest BCUT2D eigenvalue weighted by molar-refractivity contribution is 0.262. The molecule has 0 atom stereocenters. The highest BCUT2D eigenvalue weighted by Gasteiger charge is 2.21. The Kier molecular flexibility index (Phi) is 7.47. The van der Waals surface area contributed by atoms with Gasteiger partial charge in [0.05, 0.1) is 6.04 Å². The van der Waals surface area contributed by atoms with Gasteiger partial charge in [-0.2, -0.15) is 0 Å². The first-order chi connectivity index (χ1) is 11.8. The summed E-state index contributed by atoms with van der Waals surface area (Å²) < 4.78 is 0. The minimum absolute atomic E-state index is 0.163. The Balaban J connectivity index is 2.31. The van der Waals surface area contributed by atoms with Crippen LogP contribution in [-0.2, 0) is 0 Å². The second-order valence-corrected chi connectivity index (χ2v) is 6.02. The van der Waals surface area contributed by atoms with Gasteiger partial charge in [-0.15, -0.1) is 6.58 Å². The summed E-state index contributed by atoms with van der Waals surface area (Å²) in [4.78, 5) is 2.39. The molecule has 0 aliphatic rings. The minimum Gasteiger partial charge on any atom is -0.396 e.